The first-order chi connectivity index (χ1) is 30.3. The van der Waals surface area contributed by atoms with E-state index in [1.54, 1.807) is 29.8 Å². The van der Waals surface area contributed by atoms with E-state index in [1.165, 1.54) is 28.4 Å². The predicted octanol–water partition coefficient (Wildman–Crippen LogP) is 6.61. The molecule has 4 heterocycles. The molecule has 1 fully saturated rings. The Kier molecular flexibility index (Phi) is 13.6. The van der Waals surface area contributed by atoms with Gasteiger partial charge in [-0.1, -0.05) is 38.5 Å². The van der Waals surface area contributed by atoms with Crippen LogP contribution in [0.5, 0.6) is 5.75 Å². The van der Waals surface area contributed by atoms with E-state index in [2.05, 4.69) is 58.7 Å². The van der Waals surface area contributed by atoms with Crippen molar-refractivity contribution in [3.05, 3.63) is 65.9 Å². The van der Waals surface area contributed by atoms with Crippen LogP contribution >= 0.6 is 0 Å². The van der Waals surface area contributed by atoms with E-state index < -0.39 is 36.5 Å². The van der Waals surface area contributed by atoms with Gasteiger partial charge in [-0.25, -0.2) is 19.6 Å². The number of carbonyl (C=O) groups is 4. The van der Waals surface area contributed by atoms with Gasteiger partial charge >= 0.3 is 12.2 Å². The number of ether oxygens (including phenoxy) is 5. The van der Waals surface area contributed by atoms with Crippen LogP contribution in [-0.2, 0) is 41.7 Å². The summed E-state index contributed by atoms with van der Waals surface area (Å²) < 4.78 is 27.0. The number of amides is 4. The van der Waals surface area contributed by atoms with Crippen LogP contribution in [0.2, 0.25) is 0 Å². The maximum absolute atomic E-state index is 14.1. The molecule has 336 valence electrons. The van der Waals surface area contributed by atoms with Crippen LogP contribution in [0, 0.1) is 5.92 Å². The van der Waals surface area contributed by atoms with Gasteiger partial charge in [-0.05, 0) is 85.9 Å². The Morgan fingerprint density at radius 1 is 0.921 bits per heavy atom. The third kappa shape index (κ3) is 9.16. The first kappa shape index (κ1) is 44.8. The summed E-state index contributed by atoms with van der Waals surface area (Å²) in [5.74, 6) is 1.68. The molecule has 7 rings (SSSR count). The highest BCUT2D eigenvalue weighted by atomic mass is 16.5. The number of benzene rings is 3. The smallest absolute Gasteiger partial charge is 0.407 e. The molecule has 0 radical (unpaired) electrons. The molecule has 2 aromatic heterocycles. The minimum Gasteiger partial charge on any atom is -0.488 e. The van der Waals surface area contributed by atoms with Gasteiger partial charge in [0.2, 0.25) is 11.8 Å². The second-order valence-electron chi connectivity index (χ2n) is 16.6. The fraction of sp³-hybridized carbons (Fsp3) is 0.478. The Labute approximate surface area is 366 Å². The molecule has 2 aliphatic heterocycles. The maximum atomic E-state index is 14.1. The number of carbonyl (C=O) groups excluding carboxylic acids is 4. The van der Waals surface area contributed by atoms with E-state index in [0.29, 0.717) is 31.2 Å². The summed E-state index contributed by atoms with van der Waals surface area (Å²) in [5, 5.41) is 7.23. The lowest BCUT2D eigenvalue weighted by Crippen LogP contribution is -2.55. The SMILES string of the molecule is CCC[C@H](C)N(Cc1nc2ccc3cc4c(cc3c2[nH]1)OCc1cc(-c2cnc([C@@H]3C[C@H](C)CN3C(=O)[C@@H](NC(=O)OC)[C@@H](C)OC)[nH]2)ccc1-4)C(=O)[C@@H](NC(=O)OC)[C@@H](C)OC. The van der Waals surface area contributed by atoms with Crippen molar-refractivity contribution in [3.63, 3.8) is 0 Å². The van der Waals surface area contributed by atoms with Gasteiger partial charge in [0.1, 0.15) is 36.1 Å². The number of likely N-dealkylation sites (tertiary alicyclic amines) is 1. The van der Waals surface area contributed by atoms with Crippen LogP contribution in [0.25, 0.3) is 44.2 Å². The Hall–Kier alpha value is -6.20. The number of methoxy groups -OCH3 is 4. The highest BCUT2D eigenvalue weighted by Gasteiger charge is 2.41. The van der Waals surface area contributed by atoms with E-state index in [1.807, 2.05) is 25.1 Å². The Morgan fingerprint density at radius 2 is 1.63 bits per heavy atom. The van der Waals surface area contributed by atoms with Gasteiger partial charge < -0.3 is 54.1 Å². The number of nitrogens with zero attached hydrogens (tertiary/aromatic N) is 4. The first-order valence-corrected chi connectivity index (χ1v) is 21.4. The monoisotopic (exact) mass is 866 g/mol. The van der Waals surface area contributed by atoms with Crippen molar-refractivity contribution in [2.75, 3.05) is 35.0 Å². The second-order valence-corrected chi connectivity index (χ2v) is 16.6. The number of alkyl carbamates (subject to hydrolysis) is 2. The number of rotatable bonds is 15. The lowest BCUT2D eigenvalue weighted by molar-refractivity contribution is -0.139. The molecule has 7 atom stereocenters. The molecule has 4 N–H and O–H groups in total. The molecule has 2 aliphatic rings. The fourth-order valence-corrected chi connectivity index (χ4v) is 8.74. The standard InChI is InChI=1S/C46H58N8O9/c1-10-11-25(3)53(43(55)39(26(4)59-6)51-45(57)61-8)22-38-48-34-15-13-28-18-33-31-14-12-29(17-30(31)23-63-37(33)19-32(28)41(34)50-38)35-20-47-42(49-35)36-16-24(2)21-54(36)44(56)40(27(5)60-7)52-46(58)62-9/h12-15,17-20,24-27,36,39-40H,10-11,16,21-23H2,1-9H3,(H,47,49)(H,48,50)(H,51,57)(H,52,58)/t24-,25-,26+,27+,36-,39-,40-/m0/s1. The molecule has 5 aromatic rings. The number of aromatic amines is 2. The third-order valence-corrected chi connectivity index (χ3v) is 12.4. The largest absolute Gasteiger partial charge is 0.488 e. The maximum Gasteiger partial charge on any atom is 0.407 e. The van der Waals surface area contributed by atoms with Crippen molar-refractivity contribution in [1.82, 2.24) is 40.4 Å². The van der Waals surface area contributed by atoms with E-state index >= 15 is 0 Å². The fourth-order valence-electron chi connectivity index (χ4n) is 8.74. The number of nitrogens with one attached hydrogen (secondary N) is 4. The average Bonchev–Trinajstić information content (AvgIpc) is 4.06. The Bertz CT molecular complexity index is 2480. The van der Waals surface area contributed by atoms with E-state index in [9.17, 15) is 19.2 Å². The highest BCUT2D eigenvalue weighted by Crippen LogP contribution is 2.43. The normalized spacial score (nSPS) is 18.1. The predicted molar refractivity (Wildman–Crippen MR) is 236 cm³/mol. The van der Waals surface area contributed by atoms with Gasteiger partial charge in [-0.3, -0.25) is 9.59 Å². The summed E-state index contributed by atoms with van der Waals surface area (Å²) in [5.41, 5.74) is 6.37. The summed E-state index contributed by atoms with van der Waals surface area (Å²) in [6, 6.07) is 12.1. The second kappa shape index (κ2) is 19.0. The Morgan fingerprint density at radius 3 is 2.33 bits per heavy atom. The molecule has 0 aliphatic carbocycles. The van der Waals surface area contributed by atoms with Gasteiger partial charge in [-0.2, -0.15) is 0 Å². The Balaban J connectivity index is 1.13. The highest BCUT2D eigenvalue weighted by molar-refractivity contribution is 6.07. The minimum atomic E-state index is -0.960. The van der Waals surface area contributed by atoms with E-state index in [4.69, 9.17) is 33.7 Å². The molecule has 0 saturated carbocycles. The van der Waals surface area contributed by atoms with E-state index in [-0.39, 0.29) is 36.4 Å². The van der Waals surface area contributed by atoms with Crippen LogP contribution in [0.1, 0.15) is 77.1 Å². The molecule has 3 aromatic carbocycles. The molecule has 0 unspecified atom stereocenters. The number of imidazole rings is 2. The van der Waals surface area contributed by atoms with Crippen molar-refractivity contribution in [2.24, 2.45) is 5.92 Å². The first-order valence-electron chi connectivity index (χ1n) is 21.4. The average molecular weight is 867 g/mol. The zero-order valence-electron chi connectivity index (χ0n) is 37.4. The van der Waals surface area contributed by atoms with Crippen LogP contribution in [-0.4, -0.2) is 119 Å². The van der Waals surface area contributed by atoms with Crippen molar-refractivity contribution in [3.8, 4) is 28.1 Å². The number of fused-ring (bicyclic) bond motifs is 6. The minimum absolute atomic E-state index is 0.145. The van der Waals surface area contributed by atoms with Crippen LogP contribution in [0.3, 0.4) is 0 Å². The third-order valence-electron chi connectivity index (χ3n) is 12.4. The van der Waals surface area contributed by atoms with Crippen LogP contribution in [0.15, 0.2) is 48.7 Å². The topological polar surface area (TPSA) is 202 Å². The summed E-state index contributed by atoms with van der Waals surface area (Å²) in [7, 11) is 5.51. The lowest BCUT2D eigenvalue weighted by atomic mass is 9.92. The van der Waals surface area contributed by atoms with Gasteiger partial charge in [0.25, 0.3) is 0 Å². The van der Waals surface area contributed by atoms with Gasteiger partial charge in [0, 0.05) is 37.8 Å². The molecular weight excluding hydrogens is 809 g/mol. The molecule has 0 bridgehead atoms. The summed E-state index contributed by atoms with van der Waals surface area (Å²) in [4.78, 5) is 72.5. The summed E-state index contributed by atoms with van der Waals surface area (Å²) in [6.45, 7) is 10.7. The summed E-state index contributed by atoms with van der Waals surface area (Å²) in [6.07, 6.45) is 1.52. The lowest BCUT2D eigenvalue weighted by Gasteiger charge is -2.33. The molecule has 4 amide bonds. The molecule has 0 spiro atoms. The number of aromatic nitrogens is 4. The van der Waals surface area contributed by atoms with Crippen LogP contribution < -0.4 is 15.4 Å². The molecule has 63 heavy (non-hydrogen) atoms. The van der Waals surface area contributed by atoms with Gasteiger partial charge in [0.15, 0.2) is 0 Å². The van der Waals surface area contributed by atoms with Crippen LogP contribution in [0.4, 0.5) is 9.59 Å². The zero-order chi connectivity index (χ0) is 45.1. The molecular formula is C46H58N8O9. The van der Waals surface area contributed by atoms with Crippen molar-refractivity contribution in [2.45, 2.75) is 103 Å². The number of hydrogen-bond acceptors (Lipinski definition) is 11. The van der Waals surface area contributed by atoms with E-state index in [0.717, 1.165) is 68.3 Å². The number of H-pyrrole nitrogens is 2. The molecule has 17 nitrogen and oxygen atoms in total. The van der Waals surface area contributed by atoms with Crippen molar-refractivity contribution >= 4 is 45.8 Å². The quantitative estimate of drug-likeness (QED) is 0.0882. The van der Waals surface area contributed by atoms with Gasteiger partial charge in [0.05, 0.1) is 61.9 Å². The molecule has 1 saturated heterocycles. The summed E-state index contributed by atoms with van der Waals surface area (Å²) >= 11 is 0. The van der Waals surface area contributed by atoms with Crippen molar-refractivity contribution in [1.29, 1.82) is 0 Å². The molecule has 17 heteroatoms. The zero-order valence-corrected chi connectivity index (χ0v) is 37.4. The number of hydrogen-bond donors (Lipinski definition) is 4. The van der Waals surface area contributed by atoms with Crippen molar-refractivity contribution < 1.29 is 42.9 Å². The van der Waals surface area contributed by atoms with Gasteiger partial charge in [-0.15, -0.1) is 0 Å².